The monoisotopic (exact) mass is 224 g/mol. The fraction of sp³-hybridized carbons (Fsp3) is 0. The average Bonchev–Trinajstić information content (AvgIpc) is 1.98. The quantitative estimate of drug-likeness (QED) is 0.336. The standard InChI is InChI=1S/C6HBF7.Li/c8-2-1-3(9)6(11)4(5(2)10)7(12,13)14;/h1H;/q-1;+1. The Labute approximate surface area is 91.7 Å². The van der Waals surface area contributed by atoms with Crippen LogP contribution in [-0.4, -0.2) is 6.98 Å². The molecule has 0 fully saturated rings. The van der Waals surface area contributed by atoms with E-state index in [1.165, 1.54) is 0 Å². The molecule has 0 bridgehead atoms. The third kappa shape index (κ3) is 2.70. The van der Waals surface area contributed by atoms with Gasteiger partial charge in [0.05, 0.1) is 0 Å². The maximum Gasteiger partial charge on any atom is 1.00 e. The van der Waals surface area contributed by atoms with Crippen LogP contribution in [0.25, 0.3) is 0 Å². The topological polar surface area (TPSA) is 0 Å². The summed E-state index contributed by atoms with van der Waals surface area (Å²) in [4.78, 5) is 0. The maximum atomic E-state index is 12.5. The minimum Gasteiger partial charge on any atom is -0.445 e. The van der Waals surface area contributed by atoms with E-state index < -0.39 is 35.7 Å². The van der Waals surface area contributed by atoms with Gasteiger partial charge in [-0.3, -0.25) is 0 Å². The van der Waals surface area contributed by atoms with Crippen LogP contribution in [0.1, 0.15) is 0 Å². The van der Waals surface area contributed by atoms with Gasteiger partial charge in [0.15, 0.2) is 11.6 Å². The second-order valence-electron chi connectivity index (χ2n) is 2.46. The van der Waals surface area contributed by atoms with Gasteiger partial charge in [-0.1, -0.05) is 0 Å². The molecule has 1 rings (SSSR count). The molecule has 0 spiro atoms. The van der Waals surface area contributed by atoms with Crippen molar-refractivity contribution in [3.8, 4) is 0 Å². The minimum absolute atomic E-state index is 0. The number of hydrogen-bond donors (Lipinski definition) is 0. The zero-order chi connectivity index (χ0) is 11.1. The summed E-state index contributed by atoms with van der Waals surface area (Å²) in [5.41, 5.74) is -2.50. The molecule has 0 N–H and O–H groups in total. The fourth-order valence-electron chi connectivity index (χ4n) is 0.879. The molecule has 0 atom stereocenters. The van der Waals surface area contributed by atoms with Gasteiger partial charge >= 0.3 is 25.8 Å². The summed E-state index contributed by atoms with van der Waals surface area (Å²) in [6.45, 7) is -6.12. The first-order chi connectivity index (χ1) is 6.25. The molecule has 0 aromatic heterocycles. The van der Waals surface area contributed by atoms with Crippen molar-refractivity contribution in [2.45, 2.75) is 0 Å². The molecule has 1 aromatic rings. The van der Waals surface area contributed by atoms with Gasteiger partial charge in [0.1, 0.15) is 11.6 Å². The van der Waals surface area contributed by atoms with Crippen LogP contribution >= 0.6 is 0 Å². The minimum atomic E-state index is -6.12. The van der Waals surface area contributed by atoms with E-state index in [4.69, 9.17) is 0 Å². The summed E-state index contributed by atoms with van der Waals surface area (Å²) >= 11 is 0. The van der Waals surface area contributed by atoms with Crippen LogP contribution in [0.15, 0.2) is 6.07 Å². The normalized spacial score (nSPS) is 11.1. The Kier molecular flexibility index (Phi) is 4.31. The summed E-state index contributed by atoms with van der Waals surface area (Å²) in [6.07, 6.45) is 0. The Hall–Kier alpha value is -0.608. The van der Waals surface area contributed by atoms with E-state index in [1.54, 1.807) is 0 Å². The predicted octanol–water partition coefficient (Wildman–Crippen LogP) is -0.699. The Morgan fingerprint density at radius 1 is 0.800 bits per heavy atom. The molecular formula is C6HBF7Li. The van der Waals surface area contributed by atoms with Gasteiger partial charge in [-0.15, -0.1) is 0 Å². The summed E-state index contributed by atoms with van der Waals surface area (Å²) in [5, 5.41) is 0. The largest absolute Gasteiger partial charge is 1.00 e. The van der Waals surface area contributed by atoms with E-state index in [0.29, 0.717) is 0 Å². The molecule has 0 aliphatic heterocycles. The SMILES string of the molecule is Fc1cc(F)c(F)c([B-](F)(F)F)c1F.[Li+]. The number of benzene rings is 1. The van der Waals surface area contributed by atoms with E-state index in [1.807, 2.05) is 0 Å². The molecule has 1 aromatic carbocycles. The molecule has 0 nitrogen and oxygen atoms in total. The molecule has 0 aliphatic rings. The molecule has 78 valence electrons. The number of halogens is 7. The Morgan fingerprint density at radius 3 is 1.40 bits per heavy atom. The van der Waals surface area contributed by atoms with Gasteiger partial charge in [0.25, 0.3) is 0 Å². The van der Waals surface area contributed by atoms with Crippen molar-refractivity contribution in [3.05, 3.63) is 29.3 Å². The van der Waals surface area contributed by atoms with Gasteiger partial charge in [0, 0.05) is 6.07 Å². The average molecular weight is 224 g/mol. The van der Waals surface area contributed by atoms with Crippen LogP contribution in [0.2, 0.25) is 0 Å². The molecule has 0 amide bonds. The molecule has 0 saturated heterocycles. The molecule has 9 heteroatoms. The van der Waals surface area contributed by atoms with Crippen LogP contribution < -0.4 is 24.3 Å². The first-order valence-corrected chi connectivity index (χ1v) is 3.28. The Balaban J connectivity index is 0.00000196. The number of rotatable bonds is 1. The molecule has 15 heavy (non-hydrogen) atoms. The summed E-state index contributed by atoms with van der Waals surface area (Å²) in [5.74, 6) is -8.98. The van der Waals surface area contributed by atoms with Crippen LogP contribution in [-0.2, 0) is 0 Å². The molecular weight excluding hydrogens is 223 g/mol. The van der Waals surface area contributed by atoms with Crippen molar-refractivity contribution in [2.24, 2.45) is 0 Å². The summed E-state index contributed by atoms with van der Waals surface area (Å²) < 4.78 is 85.2. The fourth-order valence-corrected chi connectivity index (χ4v) is 0.879. The Bertz CT molecular complexity index is 348. The molecule has 0 unspecified atom stereocenters. The van der Waals surface area contributed by atoms with Crippen LogP contribution in [0, 0.1) is 23.3 Å². The van der Waals surface area contributed by atoms with Crippen molar-refractivity contribution in [2.75, 3.05) is 0 Å². The van der Waals surface area contributed by atoms with E-state index >= 15 is 0 Å². The van der Waals surface area contributed by atoms with Gasteiger partial charge in [-0.2, -0.15) is 0 Å². The second-order valence-corrected chi connectivity index (χ2v) is 2.46. The molecule has 0 radical (unpaired) electrons. The van der Waals surface area contributed by atoms with E-state index in [0.717, 1.165) is 0 Å². The third-order valence-corrected chi connectivity index (χ3v) is 1.47. The van der Waals surface area contributed by atoms with Gasteiger partial charge < -0.3 is 12.9 Å². The van der Waals surface area contributed by atoms with Crippen LogP contribution in [0.3, 0.4) is 0 Å². The van der Waals surface area contributed by atoms with Crippen LogP contribution in [0.5, 0.6) is 0 Å². The zero-order valence-electron chi connectivity index (χ0n) is 7.30. The first-order valence-electron chi connectivity index (χ1n) is 3.28. The molecule has 0 heterocycles. The second kappa shape index (κ2) is 4.49. The number of hydrogen-bond acceptors (Lipinski definition) is 0. The predicted molar refractivity (Wildman–Crippen MR) is 35.0 cm³/mol. The van der Waals surface area contributed by atoms with Gasteiger partial charge in [-0.05, 0) is 5.46 Å². The van der Waals surface area contributed by atoms with Crippen molar-refractivity contribution in [1.82, 2.24) is 0 Å². The van der Waals surface area contributed by atoms with Crippen molar-refractivity contribution >= 4 is 12.4 Å². The zero-order valence-corrected chi connectivity index (χ0v) is 7.30. The van der Waals surface area contributed by atoms with Gasteiger partial charge in [0.2, 0.25) is 0 Å². The van der Waals surface area contributed by atoms with Crippen molar-refractivity contribution < 1.29 is 49.4 Å². The summed E-state index contributed by atoms with van der Waals surface area (Å²) in [6, 6.07) is -0.282. The maximum absolute atomic E-state index is 12.5. The van der Waals surface area contributed by atoms with E-state index in [-0.39, 0.29) is 24.9 Å². The third-order valence-electron chi connectivity index (χ3n) is 1.47. The van der Waals surface area contributed by atoms with Crippen molar-refractivity contribution in [1.29, 1.82) is 0 Å². The molecule has 0 aliphatic carbocycles. The summed E-state index contributed by atoms with van der Waals surface area (Å²) in [7, 11) is 0. The smallest absolute Gasteiger partial charge is 0.445 e. The molecule has 0 saturated carbocycles. The van der Waals surface area contributed by atoms with Gasteiger partial charge in [-0.25, -0.2) is 17.6 Å². The van der Waals surface area contributed by atoms with Crippen LogP contribution in [0.4, 0.5) is 30.5 Å². The van der Waals surface area contributed by atoms with E-state index in [2.05, 4.69) is 0 Å². The van der Waals surface area contributed by atoms with E-state index in [9.17, 15) is 30.5 Å². The Morgan fingerprint density at radius 2 is 1.13 bits per heavy atom. The first kappa shape index (κ1) is 14.4. The van der Waals surface area contributed by atoms with Crippen molar-refractivity contribution in [3.63, 3.8) is 0 Å².